The lowest BCUT2D eigenvalue weighted by Gasteiger charge is -2.50. The molecule has 0 radical (unpaired) electrons. The normalized spacial score (nSPS) is 25.1. The fourth-order valence-electron chi connectivity index (χ4n) is 6.30. The predicted molar refractivity (Wildman–Crippen MR) is 147 cm³/mol. The number of halogens is 1. The Labute approximate surface area is 238 Å². The van der Waals surface area contributed by atoms with Crippen LogP contribution in [0.1, 0.15) is 22.3 Å². The van der Waals surface area contributed by atoms with Crippen LogP contribution >= 0.6 is 0 Å². The lowest BCUT2D eigenvalue weighted by Crippen LogP contribution is -2.63. The fraction of sp³-hybridized carbons (Fsp3) is 0.310. The van der Waals surface area contributed by atoms with E-state index in [1.165, 1.54) is 19.0 Å². The number of amides is 2. The van der Waals surface area contributed by atoms with Crippen LogP contribution in [-0.2, 0) is 20.8 Å². The molecule has 0 unspecified atom stereocenters. The van der Waals surface area contributed by atoms with E-state index in [1.807, 2.05) is 0 Å². The van der Waals surface area contributed by atoms with Crippen molar-refractivity contribution in [1.82, 2.24) is 4.90 Å². The van der Waals surface area contributed by atoms with E-state index in [0.717, 1.165) is 6.07 Å². The van der Waals surface area contributed by atoms with Gasteiger partial charge in [-0.1, -0.05) is 18.2 Å². The number of para-hydroxylation sites is 1. The number of nitrogens with zero attached hydrogens (tertiary/aromatic N) is 1. The molecule has 3 aliphatic carbocycles. The molecule has 0 fully saturated rings. The Morgan fingerprint density at radius 3 is 2.43 bits per heavy atom. The summed E-state index contributed by atoms with van der Waals surface area (Å²) in [6.45, 7) is -0.240. The first-order valence-corrected chi connectivity index (χ1v) is 13.1. The van der Waals surface area contributed by atoms with Gasteiger partial charge in [-0.05, 0) is 45.0 Å². The van der Waals surface area contributed by atoms with Crippen molar-refractivity contribution in [2.45, 2.75) is 24.5 Å². The van der Waals surface area contributed by atoms with E-state index in [2.05, 4.69) is 10.6 Å². The van der Waals surface area contributed by atoms with Crippen molar-refractivity contribution in [2.75, 3.05) is 31.3 Å². The van der Waals surface area contributed by atoms with E-state index >= 15 is 4.39 Å². The average molecular weight is 581 g/mol. The maximum atomic E-state index is 15.4. The molecule has 0 aliphatic heterocycles. The molecule has 0 saturated carbocycles. The highest BCUT2D eigenvalue weighted by Gasteiger charge is 2.63. The van der Waals surface area contributed by atoms with Crippen LogP contribution in [0.2, 0.25) is 0 Å². The molecule has 8 N–H and O–H groups in total. The molecule has 42 heavy (non-hydrogen) atoms. The molecule has 4 atom stereocenters. The quantitative estimate of drug-likeness (QED) is 0.193. The Morgan fingerprint density at radius 1 is 1.14 bits per heavy atom. The molecule has 0 heterocycles. The van der Waals surface area contributed by atoms with Crippen molar-refractivity contribution >= 4 is 34.8 Å². The van der Waals surface area contributed by atoms with Crippen LogP contribution in [0.3, 0.4) is 0 Å². The number of phenolic OH excluding ortho intramolecular Hbond substituents is 1. The Bertz CT molecular complexity index is 1600. The second-order valence-electron chi connectivity index (χ2n) is 10.8. The maximum Gasteiger partial charge on any atom is 0.255 e. The highest BCUT2D eigenvalue weighted by molar-refractivity contribution is 6.25. The minimum atomic E-state index is -2.81. The maximum absolute atomic E-state index is 15.4. The second-order valence-corrected chi connectivity index (χ2v) is 10.8. The van der Waals surface area contributed by atoms with E-state index in [4.69, 9.17) is 5.73 Å². The highest BCUT2D eigenvalue weighted by atomic mass is 19.1. The molecule has 0 saturated heterocycles. The van der Waals surface area contributed by atoms with Crippen molar-refractivity contribution in [1.29, 1.82) is 0 Å². The first kappa shape index (κ1) is 28.8. The molecular weight excluding hydrogens is 551 g/mol. The van der Waals surface area contributed by atoms with Crippen LogP contribution in [0, 0.1) is 17.7 Å². The van der Waals surface area contributed by atoms with E-state index in [0.29, 0.717) is 5.69 Å². The van der Waals surface area contributed by atoms with E-state index in [1.54, 1.807) is 30.3 Å². The molecule has 0 spiro atoms. The number of phenols is 1. The Morgan fingerprint density at radius 2 is 1.81 bits per heavy atom. The van der Waals surface area contributed by atoms with Gasteiger partial charge in [0.1, 0.15) is 22.9 Å². The minimum Gasteiger partial charge on any atom is -0.510 e. The van der Waals surface area contributed by atoms with Gasteiger partial charge in [-0.3, -0.25) is 24.1 Å². The van der Waals surface area contributed by atoms with Gasteiger partial charge in [-0.25, -0.2) is 4.39 Å². The number of carbonyl (C=O) groups is 4. The number of aromatic hydroxyl groups is 1. The molecule has 3 aliphatic rings. The molecule has 0 bridgehead atoms. The monoisotopic (exact) mass is 580 g/mol. The number of ketones is 2. The van der Waals surface area contributed by atoms with Crippen LogP contribution in [0.4, 0.5) is 15.8 Å². The van der Waals surface area contributed by atoms with E-state index < -0.39 is 92.3 Å². The van der Waals surface area contributed by atoms with Gasteiger partial charge in [0.15, 0.2) is 17.1 Å². The number of likely N-dealkylation sites (N-methyl/N-ethyl adjacent to an activating group) is 1. The molecule has 2 amide bonds. The number of aliphatic hydroxyl groups is 3. The van der Waals surface area contributed by atoms with Gasteiger partial charge in [-0.15, -0.1) is 0 Å². The van der Waals surface area contributed by atoms with Gasteiger partial charge in [0.2, 0.25) is 11.7 Å². The molecule has 2 aromatic carbocycles. The summed E-state index contributed by atoms with van der Waals surface area (Å²) in [5.74, 6) is -9.98. The van der Waals surface area contributed by atoms with Gasteiger partial charge in [-0.2, -0.15) is 0 Å². The third-order valence-electron chi connectivity index (χ3n) is 8.17. The SMILES string of the molecule is CN(C)[C@@H]1C(O)=C(C(N)=O)C(=O)[C@@]2(O)C(O)=C3C(=O)c4c(O)c(NC(=O)CNc5ccccc5)cc(F)c4C[C@H]3C[C@@H]12. The summed E-state index contributed by atoms with van der Waals surface area (Å²) >= 11 is 0. The number of primary amides is 1. The van der Waals surface area contributed by atoms with Gasteiger partial charge in [0.05, 0.1) is 23.8 Å². The summed E-state index contributed by atoms with van der Waals surface area (Å²) in [6, 6.07) is 8.48. The third-order valence-corrected chi connectivity index (χ3v) is 8.17. The van der Waals surface area contributed by atoms with Crippen molar-refractivity contribution in [2.24, 2.45) is 17.6 Å². The lowest BCUT2D eigenvalue weighted by molar-refractivity contribution is -0.148. The van der Waals surface area contributed by atoms with Crippen LogP contribution < -0.4 is 16.4 Å². The minimum absolute atomic E-state index is 0.171. The summed E-state index contributed by atoms with van der Waals surface area (Å²) in [6.07, 6.45) is -0.382. The highest BCUT2D eigenvalue weighted by Crippen LogP contribution is 2.53. The Hall–Kier alpha value is -4.75. The smallest absolute Gasteiger partial charge is 0.255 e. The average Bonchev–Trinajstić information content (AvgIpc) is 2.92. The number of rotatable bonds is 6. The number of fused-ring (bicyclic) bond motifs is 3. The van der Waals surface area contributed by atoms with Gasteiger partial charge in [0.25, 0.3) is 5.91 Å². The van der Waals surface area contributed by atoms with Crippen molar-refractivity contribution in [3.63, 3.8) is 0 Å². The summed E-state index contributed by atoms with van der Waals surface area (Å²) in [5, 5.41) is 50.0. The summed E-state index contributed by atoms with van der Waals surface area (Å²) in [5.41, 5.74) is 0.686. The number of benzene rings is 2. The molecule has 13 heteroatoms. The zero-order chi connectivity index (χ0) is 30.7. The molecular formula is C29H29FN4O8. The van der Waals surface area contributed by atoms with E-state index in [9.17, 15) is 39.6 Å². The van der Waals surface area contributed by atoms with Gasteiger partial charge < -0.3 is 36.8 Å². The third kappa shape index (κ3) is 4.28. The number of Topliss-reactive ketones (excluding diaryl/α,β-unsaturated/α-hetero) is 2. The lowest BCUT2D eigenvalue weighted by atomic mass is 9.58. The van der Waals surface area contributed by atoms with Gasteiger partial charge >= 0.3 is 0 Å². The van der Waals surface area contributed by atoms with Crippen LogP contribution in [-0.4, -0.2) is 81.0 Å². The number of nitrogens with two attached hydrogens (primary N) is 1. The topological polar surface area (TPSA) is 203 Å². The molecule has 0 aromatic heterocycles. The Balaban J connectivity index is 1.54. The summed E-state index contributed by atoms with van der Waals surface area (Å²) in [7, 11) is 3.02. The standard InChI is InChI=1S/C29H29FN4O8/c1-34(2)22-15-9-12-8-14-16(30)10-17(33-18(35)11-32-13-6-4-3-5-7-13)23(36)20(14)24(37)19(12)26(39)29(15,42)27(40)21(25(22)38)28(31)41/h3-7,10,12,15,22,32,36,38-39,42H,8-9,11H2,1-2H3,(H2,31,41)(H,33,35)/t12-,15-,22-,29-/m0/s1. The summed E-state index contributed by atoms with van der Waals surface area (Å²) in [4.78, 5) is 53.1. The fourth-order valence-corrected chi connectivity index (χ4v) is 6.30. The van der Waals surface area contributed by atoms with Crippen LogP contribution in [0.25, 0.3) is 0 Å². The van der Waals surface area contributed by atoms with Crippen LogP contribution in [0.5, 0.6) is 5.75 Å². The first-order chi connectivity index (χ1) is 19.8. The number of allylic oxidation sites excluding steroid dienone is 1. The number of anilines is 2. The Kier molecular flexibility index (Phi) is 7.03. The largest absolute Gasteiger partial charge is 0.510 e. The summed E-state index contributed by atoms with van der Waals surface area (Å²) < 4.78 is 15.4. The number of carbonyl (C=O) groups excluding carboxylic acids is 4. The van der Waals surface area contributed by atoms with Crippen molar-refractivity contribution in [3.8, 4) is 5.75 Å². The van der Waals surface area contributed by atoms with Crippen molar-refractivity contribution < 1.29 is 44.0 Å². The van der Waals surface area contributed by atoms with E-state index in [-0.39, 0.29) is 24.9 Å². The van der Waals surface area contributed by atoms with Crippen LogP contribution in [0.15, 0.2) is 59.1 Å². The molecule has 2 aromatic rings. The second kappa shape index (κ2) is 10.3. The number of nitrogens with one attached hydrogen (secondary N) is 2. The zero-order valence-electron chi connectivity index (χ0n) is 22.6. The molecule has 220 valence electrons. The number of hydrogen-bond donors (Lipinski definition) is 7. The van der Waals surface area contributed by atoms with Gasteiger partial charge in [0, 0.05) is 28.8 Å². The number of hydrogen-bond acceptors (Lipinski definition) is 10. The molecule has 5 rings (SSSR count). The number of aliphatic hydroxyl groups excluding tert-OH is 2. The molecule has 12 nitrogen and oxygen atoms in total. The zero-order valence-corrected chi connectivity index (χ0v) is 22.6. The van der Waals surface area contributed by atoms with Crippen molar-refractivity contribution in [3.05, 3.63) is 76.0 Å². The first-order valence-electron chi connectivity index (χ1n) is 13.1. The predicted octanol–water partition coefficient (Wildman–Crippen LogP) is 1.31.